The highest BCUT2D eigenvalue weighted by atomic mass is 35.5. The van der Waals surface area contributed by atoms with E-state index in [9.17, 15) is 4.79 Å². The Morgan fingerprint density at radius 3 is 2.59 bits per heavy atom. The summed E-state index contributed by atoms with van der Waals surface area (Å²) in [6, 6.07) is 5.96. The van der Waals surface area contributed by atoms with E-state index in [1.165, 1.54) is 6.42 Å². The Morgan fingerprint density at radius 2 is 1.86 bits per heavy atom. The molecule has 22 heavy (non-hydrogen) atoms. The molecular weight excluding hydrogens is 347 g/mol. The largest absolute Gasteiger partial charge is 0.484 e. The first kappa shape index (κ1) is 17.7. The van der Waals surface area contributed by atoms with E-state index in [-0.39, 0.29) is 24.9 Å². The second-order valence-electron chi connectivity index (χ2n) is 5.66. The minimum Gasteiger partial charge on any atom is -0.484 e. The van der Waals surface area contributed by atoms with E-state index in [0.29, 0.717) is 27.9 Å². The van der Waals surface area contributed by atoms with Crippen LogP contribution in [-0.4, -0.2) is 42.6 Å². The van der Waals surface area contributed by atoms with E-state index in [1.807, 2.05) is 4.90 Å². The SMILES string of the molecule is Cl.O=C(COc1cc(Cl)cc(Cl)c1)N1CCC2CCC(C1)N2. The average Bonchev–Trinajstić information content (AvgIpc) is 2.74. The Bertz CT molecular complexity index is 521. The van der Waals surface area contributed by atoms with Crippen molar-refractivity contribution in [2.45, 2.75) is 31.3 Å². The van der Waals surface area contributed by atoms with Gasteiger partial charge in [-0.2, -0.15) is 0 Å². The molecule has 0 saturated carbocycles. The maximum atomic E-state index is 12.3. The molecule has 7 heteroatoms. The summed E-state index contributed by atoms with van der Waals surface area (Å²) in [6.07, 6.45) is 3.40. The van der Waals surface area contributed by atoms with Crippen LogP contribution in [0.3, 0.4) is 0 Å². The van der Waals surface area contributed by atoms with Gasteiger partial charge in [0.1, 0.15) is 5.75 Å². The topological polar surface area (TPSA) is 41.6 Å². The molecule has 2 bridgehead atoms. The van der Waals surface area contributed by atoms with Crippen molar-refractivity contribution in [1.82, 2.24) is 10.2 Å². The highest BCUT2D eigenvalue weighted by Crippen LogP contribution is 2.24. The number of halogens is 3. The van der Waals surface area contributed by atoms with Crippen molar-refractivity contribution in [2.24, 2.45) is 0 Å². The van der Waals surface area contributed by atoms with Crippen molar-refractivity contribution in [3.8, 4) is 5.75 Å². The third-order valence-electron chi connectivity index (χ3n) is 4.07. The van der Waals surface area contributed by atoms with Gasteiger partial charge in [0, 0.05) is 35.2 Å². The quantitative estimate of drug-likeness (QED) is 0.894. The van der Waals surface area contributed by atoms with Crippen LogP contribution < -0.4 is 10.1 Å². The lowest BCUT2D eigenvalue weighted by Crippen LogP contribution is -2.41. The Hall–Kier alpha value is -0.680. The van der Waals surface area contributed by atoms with Gasteiger partial charge in [0.15, 0.2) is 6.61 Å². The second kappa shape index (κ2) is 7.73. The number of benzene rings is 1. The number of hydrogen-bond donors (Lipinski definition) is 1. The maximum absolute atomic E-state index is 12.3. The molecule has 122 valence electrons. The molecule has 2 heterocycles. The average molecular weight is 366 g/mol. The number of carbonyl (C=O) groups is 1. The first-order chi connectivity index (χ1) is 10.1. The molecule has 2 atom stereocenters. The first-order valence-electron chi connectivity index (χ1n) is 7.23. The van der Waals surface area contributed by atoms with Crippen LogP contribution in [0, 0.1) is 0 Å². The Balaban J connectivity index is 0.00000176. The smallest absolute Gasteiger partial charge is 0.260 e. The van der Waals surface area contributed by atoms with E-state index in [0.717, 1.165) is 25.9 Å². The molecule has 0 aromatic heterocycles. The monoisotopic (exact) mass is 364 g/mol. The van der Waals surface area contributed by atoms with Crippen LogP contribution in [0.25, 0.3) is 0 Å². The number of fused-ring (bicyclic) bond motifs is 2. The fourth-order valence-electron chi connectivity index (χ4n) is 3.02. The molecule has 2 saturated heterocycles. The van der Waals surface area contributed by atoms with Crippen LogP contribution in [-0.2, 0) is 4.79 Å². The van der Waals surface area contributed by atoms with Crippen LogP contribution in [0.4, 0.5) is 0 Å². The molecule has 2 fully saturated rings. The highest BCUT2D eigenvalue weighted by molar-refractivity contribution is 6.34. The Kier molecular flexibility index (Phi) is 6.21. The molecule has 1 amide bonds. The molecule has 1 aromatic rings. The first-order valence-corrected chi connectivity index (χ1v) is 7.98. The number of amides is 1. The van der Waals surface area contributed by atoms with Gasteiger partial charge >= 0.3 is 0 Å². The Labute approximate surface area is 146 Å². The van der Waals surface area contributed by atoms with Crippen LogP contribution in [0.1, 0.15) is 19.3 Å². The molecule has 3 rings (SSSR count). The summed E-state index contributed by atoms with van der Waals surface area (Å²) < 4.78 is 5.52. The van der Waals surface area contributed by atoms with Gasteiger partial charge in [-0.15, -0.1) is 12.4 Å². The predicted molar refractivity (Wildman–Crippen MR) is 90.3 cm³/mol. The molecule has 0 spiro atoms. The summed E-state index contributed by atoms with van der Waals surface area (Å²) in [6.45, 7) is 1.59. The zero-order chi connectivity index (χ0) is 14.8. The summed E-state index contributed by atoms with van der Waals surface area (Å²) >= 11 is 11.8. The molecule has 0 radical (unpaired) electrons. The van der Waals surface area contributed by atoms with E-state index in [4.69, 9.17) is 27.9 Å². The van der Waals surface area contributed by atoms with Crippen LogP contribution in [0.2, 0.25) is 10.0 Å². The van der Waals surface area contributed by atoms with Crippen molar-refractivity contribution in [3.63, 3.8) is 0 Å². The van der Waals surface area contributed by atoms with Gasteiger partial charge < -0.3 is 15.0 Å². The molecule has 4 nitrogen and oxygen atoms in total. The van der Waals surface area contributed by atoms with Crippen molar-refractivity contribution >= 4 is 41.5 Å². The molecule has 2 aliphatic rings. The fraction of sp³-hybridized carbons (Fsp3) is 0.533. The summed E-state index contributed by atoms with van der Waals surface area (Å²) in [5.74, 6) is 0.538. The van der Waals surface area contributed by atoms with E-state index >= 15 is 0 Å². The molecule has 1 aromatic carbocycles. The fourth-order valence-corrected chi connectivity index (χ4v) is 3.52. The predicted octanol–water partition coefficient (Wildman–Crippen LogP) is 3.15. The molecular formula is C15H19Cl3N2O2. The van der Waals surface area contributed by atoms with Gasteiger partial charge in [-0.1, -0.05) is 23.2 Å². The van der Waals surface area contributed by atoms with Crippen LogP contribution in [0.5, 0.6) is 5.75 Å². The summed E-state index contributed by atoms with van der Waals surface area (Å²) in [4.78, 5) is 14.2. The third-order valence-corrected chi connectivity index (χ3v) is 4.51. The van der Waals surface area contributed by atoms with Crippen molar-refractivity contribution in [1.29, 1.82) is 0 Å². The zero-order valence-electron chi connectivity index (χ0n) is 12.1. The molecule has 0 aliphatic carbocycles. The number of nitrogens with one attached hydrogen (secondary N) is 1. The summed E-state index contributed by atoms with van der Waals surface area (Å²) in [5.41, 5.74) is 0. The van der Waals surface area contributed by atoms with Crippen molar-refractivity contribution < 1.29 is 9.53 Å². The summed E-state index contributed by atoms with van der Waals surface area (Å²) in [7, 11) is 0. The van der Waals surface area contributed by atoms with Gasteiger partial charge in [0.25, 0.3) is 5.91 Å². The maximum Gasteiger partial charge on any atom is 0.260 e. The molecule has 1 N–H and O–H groups in total. The number of nitrogens with zero attached hydrogens (tertiary/aromatic N) is 1. The number of likely N-dealkylation sites (tertiary alicyclic amines) is 1. The molecule has 2 unspecified atom stereocenters. The van der Waals surface area contributed by atoms with E-state index < -0.39 is 0 Å². The Morgan fingerprint density at radius 1 is 1.18 bits per heavy atom. The molecule has 2 aliphatic heterocycles. The van der Waals surface area contributed by atoms with Crippen molar-refractivity contribution in [2.75, 3.05) is 19.7 Å². The lowest BCUT2D eigenvalue weighted by Gasteiger charge is -2.24. The standard InChI is InChI=1S/C15H18Cl2N2O2.ClH/c16-10-5-11(17)7-14(6-10)21-9-15(20)19-4-3-12-1-2-13(8-19)18-12;/h5-7,12-13,18H,1-4,8-9H2;1H. The minimum absolute atomic E-state index is 0. The summed E-state index contributed by atoms with van der Waals surface area (Å²) in [5, 5.41) is 4.56. The van der Waals surface area contributed by atoms with Crippen LogP contribution in [0.15, 0.2) is 18.2 Å². The normalized spacial score (nSPS) is 23.6. The third kappa shape index (κ3) is 4.42. The van der Waals surface area contributed by atoms with Gasteiger partial charge in [-0.25, -0.2) is 0 Å². The van der Waals surface area contributed by atoms with Crippen LogP contribution >= 0.6 is 35.6 Å². The zero-order valence-corrected chi connectivity index (χ0v) is 14.4. The van der Waals surface area contributed by atoms with E-state index in [1.54, 1.807) is 18.2 Å². The lowest BCUT2D eigenvalue weighted by molar-refractivity contribution is -0.133. The highest BCUT2D eigenvalue weighted by Gasteiger charge is 2.31. The number of hydrogen-bond acceptors (Lipinski definition) is 3. The number of ether oxygens (including phenoxy) is 1. The second-order valence-corrected chi connectivity index (χ2v) is 6.53. The van der Waals surface area contributed by atoms with Crippen molar-refractivity contribution in [3.05, 3.63) is 28.2 Å². The van der Waals surface area contributed by atoms with Gasteiger partial charge in [0.2, 0.25) is 0 Å². The lowest BCUT2D eigenvalue weighted by atomic mass is 10.1. The number of carbonyl (C=O) groups excluding carboxylic acids is 1. The minimum atomic E-state index is 0. The number of rotatable bonds is 3. The van der Waals surface area contributed by atoms with Gasteiger partial charge in [-0.3, -0.25) is 4.79 Å². The van der Waals surface area contributed by atoms with Gasteiger partial charge in [0.05, 0.1) is 0 Å². The van der Waals surface area contributed by atoms with E-state index in [2.05, 4.69) is 5.32 Å². The van der Waals surface area contributed by atoms with Gasteiger partial charge in [-0.05, 0) is 37.5 Å².